The fourth-order valence-electron chi connectivity index (χ4n) is 4.88. The monoisotopic (exact) mass is 446 g/mol. The van der Waals surface area contributed by atoms with Crippen molar-refractivity contribution < 1.29 is 14.3 Å². The van der Waals surface area contributed by atoms with E-state index >= 15 is 0 Å². The number of β-lactam (4-membered cyclic amide) rings is 1. The smallest absolute Gasteiger partial charge is 0.251 e. The van der Waals surface area contributed by atoms with Gasteiger partial charge in [-0.05, 0) is 48.6 Å². The number of amides is 2. The average molecular weight is 447 g/mol. The Labute approximate surface area is 196 Å². The van der Waals surface area contributed by atoms with Gasteiger partial charge in [-0.2, -0.15) is 0 Å². The SMILES string of the molecule is COc1ccccc1/C=C/[C@@]1(C(=O)NC2CCCCC2)CC(=O)N1c1ccc(C(C)C)cc1. The first kappa shape index (κ1) is 23.1. The first-order valence-corrected chi connectivity index (χ1v) is 12.0. The highest BCUT2D eigenvalue weighted by atomic mass is 16.5. The topological polar surface area (TPSA) is 58.6 Å². The van der Waals surface area contributed by atoms with Crippen molar-refractivity contribution in [1.82, 2.24) is 5.32 Å². The zero-order valence-corrected chi connectivity index (χ0v) is 19.8. The van der Waals surface area contributed by atoms with Crippen molar-refractivity contribution in [2.75, 3.05) is 12.0 Å². The summed E-state index contributed by atoms with van der Waals surface area (Å²) in [6, 6.07) is 15.8. The van der Waals surface area contributed by atoms with Gasteiger partial charge in [0.2, 0.25) is 5.91 Å². The third-order valence-corrected chi connectivity index (χ3v) is 6.90. The van der Waals surface area contributed by atoms with Crippen LogP contribution in [0.3, 0.4) is 0 Å². The van der Waals surface area contributed by atoms with Gasteiger partial charge in [0.25, 0.3) is 5.91 Å². The fraction of sp³-hybridized carbons (Fsp3) is 0.429. The van der Waals surface area contributed by atoms with E-state index in [1.807, 2.05) is 60.7 Å². The Kier molecular flexibility index (Phi) is 6.87. The van der Waals surface area contributed by atoms with Crippen molar-refractivity contribution >= 4 is 23.6 Å². The van der Waals surface area contributed by atoms with Gasteiger partial charge in [-0.15, -0.1) is 0 Å². The molecular formula is C28H34N2O3. The van der Waals surface area contributed by atoms with Gasteiger partial charge in [0.15, 0.2) is 5.54 Å². The Hall–Kier alpha value is -3.08. The van der Waals surface area contributed by atoms with E-state index in [9.17, 15) is 9.59 Å². The molecule has 5 heteroatoms. The van der Waals surface area contributed by atoms with Gasteiger partial charge < -0.3 is 10.1 Å². The Balaban J connectivity index is 1.69. The molecule has 1 aliphatic carbocycles. The van der Waals surface area contributed by atoms with Crippen molar-refractivity contribution in [3.05, 3.63) is 65.7 Å². The zero-order chi connectivity index (χ0) is 23.4. The summed E-state index contributed by atoms with van der Waals surface area (Å²) in [5.74, 6) is 0.981. The molecular weight excluding hydrogens is 412 g/mol. The van der Waals surface area contributed by atoms with Crippen LogP contribution >= 0.6 is 0 Å². The van der Waals surface area contributed by atoms with E-state index in [1.54, 1.807) is 12.0 Å². The molecule has 0 radical (unpaired) electrons. The number of hydrogen-bond acceptors (Lipinski definition) is 3. The maximum absolute atomic E-state index is 13.7. The molecule has 4 rings (SSSR count). The van der Waals surface area contributed by atoms with Gasteiger partial charge >= 0.3 is 0 Å². The molecule has 1 saturated heterocycles. The molecule has 1 atom stereocenters. The van der Waals surface area contributed by atoms with Crippen molar-refractivity contribution in [2.24, 2.45) is 0 Å². The Morgan fingerprint density at radius 2 is 1.79 bits per heavy atom. The minimum Gasteiger partial charge on any atom is -0.496 e. The molecule has 2 aromatic carbocycles. The number of benzene rings is 2. The van der Waals surface area contributed by atoms with E-state index in [0.717, 1.165) is 42.7 Å². The lowest BCUT2D eigenvalue weighted by molar-refractivity contribution is -0.137. The van der Waals surface area contributed by atoms with Gasteiger partial charge in [-0.3, -0.25) is 14.5 Å². The summed E-state index contributed by atoms with van der Waals surface area (Å²) in [7, 11) is 1.63. The largest absolute Gasteiger partial charge is 0.496 e. The summed E-state index contributed by atoms with van der Waals surface area (Å²) in [6.45, 7) is 4.28. The zero-order valence-electron chi connectivity index (χ0n) is 19.8. The van der Waals surface area contributed by atoms with E-state index in [1.165, 1.54) is 12.0 Å². The summed E-state index contributed by atoms with van der Waals surface area (Å²) >= 11 is 0. The predicted octanol–water partition coefficient (Wildman–Crippen LogP) is 5.46. The number of hydrogen-bond donors (Lipinski definition) is 1. The maximum atomic E-state index is 13.7. The number of anilines is 1. The van der Waals surface area contributed by atoms with E-state index in [2.05, 4.69) is 19.2 Å². The standard InChI is InChI=1S/C28H34N2O3/c1-20(2)21-13-15-24(16-14-21)30-26(31)19-28(30,27(32)29-23-10-5-4-6-11-23)18-17-22-9-7-8-12-25(22)33-3/h7-9,12-18,20,23H,4-6,10-11,19H2,1-3H3,(H,29,32)/b18-17+/t28-/m0/s1. The van der Waals surface area contributed by atoms with Crippen LogP contribution < -0.4 is 15.0 Å². The highest BCUT2D eigenvalue weighted by Crippen LogP contribution is 2.40. The molecule has 2 aromatic rings. The molecule has 2 amide bonds. The Morgan fingerprint density at radius 1 is 1.09 bits per heavy atom. The molecule has 0 aromatic heterocycles. The Bertz CT molecular complexity index is 1020. The second-order valence-electron chi connectivity index (χ2n) is 9.46. The molecule has 0 unspecified atom stereocenters. The van der Waals surface area contributed by atoms with Gasteiger partial charge in [0.05, 0.1) is 13.5 Å². The predicted molar refractivity (Wildman–Crippen MR) is 132 cm³/mol. The number of carbonyl (C=O) groups is 2. The number of rotatable bonds is 7. The van der Waals surface area contributed by atoms with Crippen LogP contribution in [0.25, 0.3) is 6.08 Å². The third kappa shape index (κ3) is 4.68. The van der Waals surface area contributed by atoms with Crippen molar-refractivity contribution in [3.63, 3.8) is 0 Å². The minimum absolute atomic E-state index is 0.0456. The van der Waals surface area contributed by atoms with Crippen LogP contribution in [0.15, 0.2) is 54.6 Å². The molecule has 174 valence electrons. The third-order valence-electron chi connectivity index (χ3n) is 6.90. The molecule has 1 N–H and O–H groups in total. The van der Waals surface area contributed by atoms with Crippen molar-refractivity contribution in [3.8, 4) is 5.75 Å². The number of carbonyl (C=O) groups excluding carboxylic acids is 2. The van der Waals surface area contributed by atoms with E-state index in [4.69, 9.17) is 4.74 Å². The molecule has 5 nitrogen and oxygen atoms in total. The van der Waals surface area contributed by atoms with E-state index in [0.29, 0.717) is 5.92 Å². The molecule has 1 aliphatic heterocycles. The normalized spacial score (nSPS) is 21.3. The molecule has 0 spiro atoms. The van der Waals surface area contributed by atoms with Crippen LogP contribution in [0.1, 0.15) is 69.4 Å². The quantitative estimate of drug-likeness (QED) is 0.575. The van der Waals surface area contributed by atoms with Crippen LogP contribution in [-0.4, -0.2) is 30.5 Å². The molecule has 33 heavy (non-hydrogen) atoms. The number of nitrogens with zero attached hydrogens (tertiary/aromatic N) is 1. The number of nitrogens with one attached hydrogen (secondary N) is 1. The molecule has 0 bridgehead atoms. The molecule has 2 aliphatic rings. The van der Waals surface area contributed by atoms with Crippen LogP contribution in [-0.2, 0) is 9.59 Å². The average Bonchev–Trinajstić information content (AvgIpc) is 2.82. The molecule has 1 saturated carbocycles. The van der Waals surface area contributed by atoms with E-state index < -0.39 is 5.54 Å². The highest BCUT2D eigenvalue weighted by molar-refractivity contribution is 6.15. The lowest BCUT2D eigenvalue weighted by atomic mass is 9.80. The number of para-hydroxylation sites is 1. The van der Waals surface area contributed by atoms with E-state index in [-0.39, 0.29) is 24.3 Å². The number of ether oxygens (including phenoxy) is 1. The summed E-state index contributed by atoms with van der Waals surface area (Å²) in [6.07, 6.45) is 9.41. The maximum Gasteiger partial charge on any atom is 0.251 e. The lowest BCUT2D eigenvalue weighted by Gasteiger charge is -2.49. The lowest BCUT2D eigenvalue weighted by Crippen LogP contribution is -2.70. The summed E-state index contributed by atoms with van der Waals surface area (Å²) in [5.41, 5.74) is 1.78. The van der Waals surface area contributed by atoms with Gasteiger partial charge in [0, 0.05) is 17.3 Å². The van der Waals surface area contributed by atoms with Gasteiger partial charge in [-0.1, -0.05) is 69.5 Å². The summed E-state index contributed by atoms with van der Waals surface area (Å²) in [4.78, 5) is 28.2. The van der Waals surface area contributed by atoms with Crippen LogP contribution in [0.4, 0.5) is 5.69 Å². The fourth-order valence-corrected chi connectivity index (χ4v) is 4.88. The molecule has 2 fully saturated rings. The highest BCUT2D eigenvalue weighted by Gasteiger charge is 2.56. The summed E-state index contributed by atoms with van der Waals surface area (Å²) in [5, 5.41) is 3.26. The second kappa shape index (κ2) is 9.82. The van der Waals surface area contributed by atoms with Crippen molar-refractivity contribution in [1.29, 1.82) is 0 Å². The van der Waals surface area contributed by atoms with Crippen LogP contribution in [0.2, 0.25) is 0 Å². The first-order valence-electron chi connectivity index (χ1n) is 12.0. The minimum atomic E-state index is -1.05. The second-order valence-corrected chi connectivity index (χ2v) is 9.46. The number of methoxy groups -OCH3 is 1. The van der Waals surface area contributed by atoms with Crippen LogP contribution in [0, 0.1) is 0 Å². The Morgan fingerprint density at radius 3 is 2.42 bits per heavy atom. The van der Waals surface area contributed by atoms with Crippen molar-refractivity contribution in [2.45, 2.75) is 69.9 Å². The first-order chi connectivity index (χ1) is 15.9. The van der Waals surface area contributed by atoms with Gasteiger partial charge in [0.1, 0.15) is 5.75 Å². The molecule has 1 heterocycles. The van der Waals surface area contributed by atoms with Crippen LogP contribution in [0.5, 0.6) is 5.75 Å². The van der Waals surface area contributed by atoms with Gasteiger partial charge in [-0.25, -0.2) is 0 Å². The summed E-state index contributed by atoms with van der Waals surface area (Å²) < 4.78 is 5.48.